The smallest absolute Gasteiger partial charge is 0.239 e. The molecule has 3 rings (SSSR count). The number of halogens is 2. The van der Waals surface area contributed by atoms with Crippen LogP contribution in [0.1, 0.15) is 18.0 Å². The number of carbonyl (C=O) groups excluding carboxylic acids is 1. The molecule has 0 bridgehead atoms. The van der Waals surface area contributed by atoms with Crippen LogP contribution >= 0.6 is 23.2 Å². The largest absolute Gasteiger partial charge is 0.493 e. The fraction of sp³-hybridized carbons (Fsp3) is 0.235. The lowest BCUT2D eigenvalue weighted by Crippen LogP contribution is -2.35. The molecule has 0 fully saturated rings. The molecule has 1 atom stereocenters. The van der Waals surface area contributed by atoms with Gasteiger partial charge in [0, 0.05) is 27.7 Å². The van der Waals surface area contributed by atoms with Crippen molar-refractivity contribution in [1.29, 1.82) is 0 Å². The maximum absolute atomic E-state index is 12.2. The topological polar surface area (TPSA) is 50.4 Å². The van der Waals surface area contributed by atoms with Gasteiger partial charge in [-0.1, -0.05) is 41.4 Å². The Morgan fingerprint density at radius 3 is 2.70 bits per heavy atom. The summed E-state index contributed by atoms with van der Waals surface area (Å²) in [5.41, 5.74) is 1.72. The van der Waals surface area contributed by atoms with Gasteiger partial charge in [-0.25, -0.2) is 0 Å². The van der Waals surface area contributed by atoms with Crippen LogP contribution in [0, 0.1) is 0 Å². The van der Waals surface area contributed by atoms with Crippen LogP contribution in [0.15, 0.2) is 42.5 Å². The number of nitrogens with one attached hydrogen (secondary N) is 2. The Labute approximate surface area is 144 Å². The Morgan fingerprint density at radius 1 is 1.17 bits per heavy atom. The average Bonchev–Trinajstić information content (AvgIpc) is 2.52. The third-order valence-electron chi connectivity index (χ3n) is 3.61. The number of anilines is 1. The first-order chi connectivity index (χ1) is 11.1. The minimum absolute atomic E-state index is 0.0304. The van der Waals surface area contributed by atoms with Crippen molar-refractivity contribution in [3.63, 3.8) is 0 Å². The van der Waals surface area contributed by atoms with Gasteiger partial charge >= 0.3 is 0 Å². The normalized spacial score (nSPS) is 16.2. The SMILES string of the molecule is O=C(CNc1cc(Cl)cc(Cl)c1)NC1CCOc2ccccc21. The van der Waals surface area contributed by atoms with Gasteiger partial charge < -0.3 is 15.4 Å². The lowest BCUT2D eigenvalue weighted by molar-refractivity contribution is -0.120. The van der Waals surface area contributed by atoms with Crippen LogP contribution in [-0.4, -0.2) is 19.1 Å². The summed E-state index contributed by atoms with van der Waals surface area (Å²) >= 11 is 11.9. The number of rotatable bonds is 4. The van der Waals surface area contributed by atoms with Gasteiger partial charge in [0.05, 0.1) is 19.2 Å². The van der Waals surface area contributed by atoms with E-state index in [0.29, 0.717) is 22.3 Å². The van der Waals surface area contributed by atoms with Crippen LogP contribution in [0.2, 0.25) is 10.0 Å². The summed E-state index contributed by atoms with van der Waals surface area (Å²) < 4.78 is 5.59. The molecule has 1 heterocycles. The van der Waals surface area contributed by atoms with Gasteiger partial charge in [0.25, 0.3) is 0 Å². The molecule has 4 nitrogen and oxygen atoms in total. The van der Waals surface area contributed by atoms with Crippen molar-refractivity contribution in [2.45, 2.75) is 12.5 Å². The Morgan fingerprint density at radius 2 is 1.91 bits per heavy atom. The second-order valence-electron chi connectivity index (χ2n) is 5.31. The molecule has 0 aromatic heterocycles. The highest BCUT2D eigenvalue weighted by Crippen LogP contribution is 2.31. The predicted molar refractivity (Wildman–Crippen MR) is 92.4 cm³/mol. The fourth-order valence-electron chi connectivity index (χ4n) is 2.58. The number of amides is 1. The molecule has 2 aromatic carbocycles. The van der Waals surface area contributed by atoms with Crippen molar-refractivity contribution in [2.24, 2.45) is 0 Å². The molecule has 0 spiro atoms. The van der Waals surface area contributed by atoms with Crippen molar-refractivity contribution in [3.8, 4) is 5.75 Å². The second-order valence-corrected chi connectivity index (χ2v) is 6.18. The first-order valence-electron chi connectivity index (χ1n) is 7.33. The second kappa shape index (κ2) is 7.11. The van der Waals surface area contributed by atoms with E-state index in [9.17, 15) is 4.79 Å². The number of benzene rings is 2. The number of hydrogen-bond acceptors (Lipinski definition) is 3. The van der Waals surface area contributed by atoms with Gasteiger partial charge in [-0.2, -0.15) is 0 Å². The van der Waals surface area contributed by atoms with Gasteiger partial charge in [0.15, 0.2) is 0 Å². The van der Waals surface area contributed by atoms with Crippen molar-refractivity contribution in [1.82, 2.24) is 5.32 Å². The standard InChI is InChI=1S/C17H16Cl2N2O2/c18-11-7-12(19)9-13(8-11)20-10-17(22)21-15-5-6-23-16-4-2-1-3-14(15)16/h1-4,7-9,15,20H,5-6,10H2,(H,21,22). The summed E-state index contributed by atoms with van der Waals surface area (Å²) in [6.07, 6.45) is 0.756. The Balaban J connectivity index is 1.60. The first kappa shape index (κ1) is 16.0. The molecule has 0 aliphatic carbocycles. The maximum Gasteiger partial charge on any atom is 0.239 e. The molecule has 2 N–H and O–H groups in total. The third-order valence-corrected chi connectivity index (χ3v) is 4.05. The van der Waals surface area contributed by atoms with Crippen LogP contribution in [0.25, 0.3) is 0 Å². The van der Waals surface area contributed by atoms with Crippen LogP contribution in [0.4, 0.5) is 5.69 Å². The minimum Gasteiger partial charge on any atom is -0.493 e. The predicted octanol–water partition coefficient (Wildman–Crippen LogP) is 4.05. The van der Waals surface area contributed by atoms with Crippen LogP contribution in [0.3, 0.4) is 0 Å². The lowest BCUT2D eigenvalue weighted by atomic mass is 10.0. The van der Waals surface area contributed by atoms with Crippen molar-refractivity contribution < 1.29 is 9.53 Å². The van der Waals surface area contributed by atoms with E-state index in [0.717, 1.165) is 17.7 Å². The minimum atomic E-state index is -0.0946. The van der Waals surface area contributed by atoms with E-state index in [-0.39, 0.29) is 18.5 Å². The Bertz CT molecular complexity index is 701. The molecule has 1 aliphatic rings. The highest BCUT2D eigenvalue weighted by atomic mass is 35.5. The van der Waals surface area contributed by atoms with E-state index < -0.39 is 0 Å². The monoisotopic (exact) mass is 350 g/mol. The van der Waals surface area contributed by atoms with E-state index in [2.05, 4.69) is 10.6 Å². The van der Waals surface area contributed by atoms with E-state index in [1.807, 2.05) is 24.3 Å². The average molecular weight is 351 g/mol. The summed E-state index contributed by atoms with van der Waals surface area (Å²) in [6, 6.07) is 12.8. The molecule has 0 saturated carbocycles. The van der Waals surface area contributed by atoms with Crippen LogP contribution < -0.4 is 15.4 Å². The Hall–Kier alpha value is -1.91. The van der Waals surface area contributed by atoms with Gasteiger partial charge in [-0.05, 0) is 24.3 Å². The zero-order valence-corrected chi connectivity index (χ0v) is 13.8. The van der Waals surface area contributed by atoms with Gasteiger partial charge in [-0.3, -0.25) is 4.79 Å². The van der Waals surface area contributed by atoms with Crippen molar-refractivity contribution in [3.05, 3.63) is 58.1 Å². The summed E-state index contributed by atoms with van der Waals surface area (Å²) in [6.45, 7) is 0.746. The number of carbonyl (C=O) groups is 1. The molecule has 1 unspecified atom stereocenters. The quantitative estimate of drug-likeness (QED) is 0.874. The fourth-order valence-corrected chi connectivity index (χ4v) is 3.10. The molecule has 120 valence electrons. The summed E-state index contributed by atoms with van der Waals surface area (Å²) in [4.78, 5) is 12.2. The Kier molecular flexibility index (Phi) is 4.94. The molecule has 0 saturated heterocycles. The first-order valence-corrected chi connectivity index (χ1v) is 8.08. The van der Waals surface area contributed by atoms with Gasteiger partial charge in [0.1, 0.15) is 5.75 Å². The van der Waals surface area contributed by atoms with E-state index in [4.69, 9.17) is 27.9 Å². The summed E-state index contributed by atoms with van der Waals surface area (Å²) in [5.74, 6) is 0.737. The van der Waals surface area contributed by atoms with Crippen molar-refractivity contribution in [2.75, 3.05) is 18.5 Å². The summed E-state index contributed by atoms with van der Waals surface area (Å²) in [5, 5.41) is 7.11. The molecule has 23 heavy (non-hydrogen) atoms. The number of para-hydroxylation sites is 1. The molecular formula is C17H16Cl2N2O2. The molecule has 1 aliphatic heterocycles. The van der Waals surface area contributed by atoms with E-state index in [1.165, 1.54) is 0 Å². The maximum atomic E-state index is 12.2. The van der Waals surface area contributed by atoms with E-state index >= 15 is 0 Å². The lowest BCUT2D eigenvalue weighted by Gasteiger charge is -2.26. The highest BCUT2D eigenvalue weighted by molar-refractivity contribution is 6.35. The number of hydrogen-bond donors (Lipinski definition) is 2. The summed E-state index contributed by atoms with van der Waals surface area (Å²) in [7, 11) is 0. The highest BCUT2D eigenvalue weighted by Gasteiger charge is 2.22. The molecule has 2 aromatic rings. The van der Waals surface area contributed by atoms with Crippen LogP contribution in [0.5, 0.6) is 5.75 Å². The number of fused-ring (bicyclic) bond motifs is 1. The molecule has 0 radical (unpaired) electrons. The van der Waals surface area contributed by atoms with Gasteiger partial charge in [-0.15, -0.1) is 0 Å². The molecule has 1 amide bonds. The van der Waals surface area contributed by atoms with Crippen molar-refractivity contribution >= 4 is 34.8 Å². The van der Waals surface area contributed by atoms with Gasteiger partial charge in [0.2, 0.25) is 5.91 Å². The number of ether oxygens (including phenoxy) is 1. The van der Waals surface area contributed by atoms with Crippen LogP contribution in [-0.2, 0) is 4.79 Å². The third kappa shape index (κ3) is 4.09. The zero-order valence-electron chi connectivity index (χ0n) is 12.3. The molecule has 6 heteroatoms. The molecular weight excluding hydrogens is 335 g/mol. The zero-order chi connectivity index (χ0) is 16.2. The van der Waals surface area contributed by atoms with E-state index in [1.54, 1.807) is 18.2 Å².